The molecule has 0 atom stereocenters. The molecule has 2 aromatic rings. The van der Waals surface area contributed by atoms with Gasteiger partial charge >= 0.3 is 0 Å². The highest BCUT2D eigenvalue weighted by Crippen LogP contribution is 2.31. The van der Waals surface area contributed by atoms with Crippen molar-refractivity contribution in [1.29, 1.82) is 0 Å². The van der Waals surface area contributed by atoms with Gasteiger partial charge in [-0.05, 0) is 49.2 Å². The molecule has 28 heavy (non-hydrogen) atoms. The van der Waals surface area contributed by atoms with E-state index in [0.29, 0.717) is 18.9 Å². The maximum absolute atomic E-state index is 13.0. The Hall–Kier alpha value is -1.64. The monoisotopic (exact) mass is 442 g/mol. The summed E-state index contributed by atoms with van der Waals surface area (Å²) < 4.78 is 32.4. The lowest BCUT2D eigenvalue weighted by molar-refractivity contribution is 0.0730. The number of halogens is 2. The van der Waals surface area contributed by atoms with E-state index in [-0.39, 0.29) is 33.6 Å². The number of hydrogen-bond donors (Lipinski definition) is 1. The smallest absolute Gasteiger partial charge is 0.257 e. The summed E-state index contributed by atoms with van der Waals surface area (Å²) in [5.74, 6) is -0.509. The van der Waals surface area contributed by atoms with Crippen LogP contribution < -0.4 is 5.32 Å². The number of nitrogens with one attached hydrogen (secondary N) is 1. The Morgan fingerprint density at radius 2 is 1.61 bits per heavy atom. The van der Waals surface area contributed by atoms with Crippen molar-refractivity contribution >= 4 is 44.8 Å². The van der Waals surface area contributed by atoms with Gasteiger partial charge in [-0.25, -0.2) is 8.42 Å². The average Bonchev–Trinajstić information content (AvgIpc) is 2.61. The number of morpholine rings is 1. The summed E-state index contributed by atoms with van der Waals surface area (Å²) >= 11 is 12.3. The van der Waals surface area contributed by atoms with Gasteiger partial charge in [0.15, 0.2) is 0 Å². The summed E-state index contributed by atoms with van der Waals surface area (Å²) in [7, 11) is -3.87. The largest absolute Gasteiger partial charge is 0.379 e. The van der Waals surface area contributed by atoms with Crippen LogP contribution in [0.5, 0.6) is 0 Å². The number of hydrogen-bond acceptors (Lipinski definition) is 4. The van der Waals surface area contributed by atoms with Gasteiger partial charge in [0.1, 0.15) is 4.90 Å². The number of carbonyl (C=O) groups excluding carboxylic acids is 1. The van der Waals surface area contributed by atoms with Crippen LogP contribution in [0.4, 0.5) is 5.69 Å². The molecule has 1 amide bonds. The van der Waals surface area contributed by atoms with Gasteiger partial charge in [0, 0.05) is 18.8 Å². The van der Waals surface area contributed by atoms with E-state index < -0.39 is 15.9 Å². The predicted octanol–water partition coefficient (Wildman–Crippen LogP) is 3.88. The Labute approximate surface area is 174 Å². The summed E-state index contributed by atoms with van der Waals surface area (Å²) in [6.45, 7) is 4.92. The van der Waals surface area contributed by atoms with Crippen LogP contribution in [0, 0.1) is 13.8 Å². The van der Waals surface area contributed by atoms with Crippen LogP contribution in [-0.4, -0.2) is 44.9 Å². The highest BCUT2D eigenvalue weighted by atomic mass is 35.5. The van der Waals surface area contributed by atoms with Crippen molar-refractivity contribution < 1.29 is 17.9 Å². The molecule has 6 nitrogen and oxygen atoms in total. The molecule has 0 aliphatic carbocycles. The van der Waals surface area contributed by atoms with Crippen molar-refractivity contribution in [2.45, 2.75) is 18.7 Å². The summed E-state index contributed by atoms with van der Waals surface area (Å²) in [6, 6.07) is 8.14. The second-order valence-electron chi connectivity index (χ2n) is 6.61. The number of amides is 1. The molecule has 1 N–H and O–H groups in total. The molecule has 0 aromatic heterocycles. The lowest BCUT2D eigenvalue weighted by atomic mass is 10.1. The van der Waals surface area contributed by atoms with Gasteiger partial charge in [0.25, 0.3) is 5.91 Å². The minimum Gasteiger partial charge on any atom is -0.379 e. The van der Waals surface area contributed by atoms with Crippen LogP contribution in [-0.2, 0) is 14.8 Å². The van der Waals surface area contributed by atoms with Crippen molar-refractivity contribution in [3.63, 3.8) is 0 Å². The molecule has 0 spiro atoms. The number of nitrogens with zero attached hydrogens (tertiary/aromatic N) is 1. The van der Waals surface area contributed by atoms with Crippen LogP contribution >= 0.6 is 23.2 Å². The van der Waals surface area contributed by atoms with Gasteiger partial charge in [-0.2, -0.15) is 4.31 Å². The zero-order valence-electron chi connectivity index (χ0n) is 15.5. The second-order valence-corrected chi connectivity index (χ2v) is 9.33. The van der Waals surface area contributed by atoms with E-state index in [1.807, 2.05) is 32.0 Å². The third kappa shape index (κ3) is 4.50. The Morgan fingerprint density at radius 3 is 2.21 bits per heavy atom. The van der Waals surface area contributed by atoms with Crippen LogP contribution in [0.15, 0.2) is 35.2 Å². The van der Waals surface area contributed by atoms with E-state index >= 15 is 0 Å². The van der Waals surface area contributed by atoms with Crippen molar-refractivity contribution in [1.82, 2.24) is 4.31 Å². The van der Waals surface area contributed by atoms with Crippen LogP contribution in [0.1, 0.15) is 21.5 Å². The molecule has 3 rings (SSSR count). The Balaban J connectivity index is 1.95. The lowest BCUT2D eigenvalue weighted by Gasteiger charge is -2.26. The van der Waals surface area contributed by atoms with Crippen LogP contribution in [0.2, 0.25) is 10.0 Å². The normalized spacial score (nSPS) is 15.4. The molecule has 1 aliphatic rings. The Morgan fingerprint density at radius 1 is 1.00 bits per heavy atom. The second kappa shape index (κ2) is 8.39. The lowest BCUT2D eigenvalue weighted by Crippen LogP contribution is -2.40. The summed E-state index contributed by atoms with van der Waals surface area (Å²) in [4.78, 5) is 12.6. The van der Waals surface area contributed by atoms with E-state index in [2.05, 4.69) is 5.32 Å². The number of aryl methyl sites for hydroxylation is 2. The van der Waals surface area contributed by atoms with E-state index in [1.54, 1.807) is 0 Å². The summed E-state index contributed by atoms with van der Waals surface area (Å²) in [5, 5.41) is 2.81. The first-order valence-electron chi connectivity index (χ1n) is 8.65. The molecule has 0 unspecified atom stereocenters. The first-order chi connectivity index (χ1) is 13.2. The van der Waals surface area contributed by atoms with Gasteiger partial charge in [-0.1, -0.05) is 29.3 Å². The van der Waals surface area contributed by atoms with Gasteiger partial charge in [-0.15, -0.1) is 0 Å². The number of benzene rings is 2. The molecule has 0 radical (unpaired) electrons. The van der Waals surface area contributed by atoms with Crippen molar-refractivity contribution in [3.8, 4) is 0 Å². The highest BCUT2D eigenvalue weighted by molar-refractivity contribution is 7.89. The van der Waals surface area contributed by atoms with Crippen molar-refractivity contribution in [3.05, 3.63) is 57.1 Å². The number of sulfonamides is 1. The molecular formula is C19H20Cl2N2O4S. The zero-order chi connectivity index (χ0) is 20.5. The topological polar surface area (TPSA) is 75.7 Å². The molecule has 9 heteroatoms. The quantitative estimate of drug-likeness (QED) is 0.778. The van der Waals surface area contributed by atoms with Gasteiger partial charge in [0.05, 0.1) is 28.8 Å². The van der Waals surface area contributed by atoms with Gasteiger partial charge in [0.2, 0.25) is 10.0 Å². The standard InChI is InChI=1S/C19H20Cl2N2O4S/c1-12-7-13(2)9-14(8-12)22-19(24)15-10-18(17(21)11-16(15)20)28(25,26)23-3-5-27-6-4-23/h7-11H,3-6H2,1-2H3,(H,22,24). The Bertz CT molecular complexity index is 999. The van der Waals surface area contributed by atoms with E-state index in [0.717, 1.165) is 11.1 Å². The van der Waals surface area contributed by atoms with E-state index in [4.69, 9.17) is 27.9 Å². The maximum Gasteiger partial charge on any atom is 0.257 e. The average molecular weight is 443 g/mol. The first-order valence-corrected chi connectivity index (χ1v) is 10.8. The fraction of sp³-hybridized carbons (Fsp3) is 0.316. The molecule has 1 fully saturated rings. The summed E-state index contributed by atoms with van der Waals surface area (Å²) in [6.07, 6.45) is 0. The zero-order valence-corrected chi connectivity index (χ0v) is 17.8. The number of carbonyl (C=O) groups is 1. The number of rotatable bonds is 4. The third-order valence-electron chi connectivity index (χ3n) is 4.33. The maximum atomic E-state index is 13.0. The summed E-state index contributed by atoms with van der Waals surface area (Å²) in [5.41, 5.74) is 2.63. The fourth-order valence-corrected chi connectivity index (χ4v) is 5.31. The minimum absolute atomic E-state index is 0.0283. The SMILES string of the molecule is Cc1cc(C)cc(NC(=O)c2cc(S(=O)(=O)N3CCOCC3)c(Cl)cc2Cl)c1. The molecule has 1 aliphatic heterocycles. The molecular weight excluding hydrogens is 423 g/mol. The highest BCUT2D eigenvalue weighted by Gasteiger charge is 2.30. The molecule has 1 heterocycles. The van der Waals surface area contributed by atoms with E-state index in [1.165, 1.54) is 16.4 Å². The van der Waals surface area contributed by atoms with Crippen LogP contribution in [0.25, 0.3) is 0 Å². The molecule has 2 aromatic carbocycles. The van der Waals surface area contributed by atoms with Gasteiger partial charge in [-0.3, -0.25) is 4.79 Å². The molecule has 150 valence electrons. The minimum atomic E-state index is -3.87. The van der Waals surface area contributed by atoms with Gasteiger partial charge < -0.3 is 10.1 Å². The van der Waals surface area contributed by atoms with E-state index in [9.17, 15) is 13.2 Å². The number of ether oxygens (including phenoxy) is 1. The first kappa shape index (κ1) is 21.1. The number of anilines is 1. The molecule has 0 saturated carbocycles. The third-order valence-corrected chi connectivity index (χ3v) is 7.01. The molecule has 1 saturated heterocycles. The Kier molecular flexibility index (Phi) is 6.31. The van der Waals surface area contributed by atoms with Crippen LogP contribution in [0.3, 0.4) is 0 Å². The fourth-order valence-electron chi connectivity index (χ4n) is 3.07. The van der Waals surface area contributed by atoms with Crippen molar-refractivity contribution in [2.24, 2.45) is 0 Å². The predicted molar refractivity (Wildman–Crippen MR) is 110 cm³/mol. The molecule has 0 bridgehead atoms. The van der Waals surface area contributed by atoms with Crippen molar-refractivity contribution in [2.75, 3.05) is 31.6 Å².